The van der Waals surface area contributed by atoms with E-state index in [9.17, 15) is 13.2 Å². The number of rotatable bonds is 12. The molecule has 0 aliphatic rings. The summed E-state index contributed by atoms with van der Waals surface area (Å²) < 4.78 is 69.8. The Labute approximate surface area is 655 Å². The van der Waals surface area contributed by atoms with Crippen molar-refractivity contribution in [3.05, 3.63) is 240 Å². The molecule has 2 radical (unpaired) electrons. The number of nitrogens with zero attached hydrogens (tertiary/aromatic N) is 12. The molecule has 14 aromatic rings. The number of aliphatic hydroxyl groups excluding tert-OH is 2. The largest absolute Gasteiger partial charge is 0.522 e. The number of halogens is 3. The second-order valence-corrected chi connectivity index (χ2v) is 27.5. The van der Waals surface area contributed by atoms with Crippen LogP contribution < -0.4 is 0 Å². The molecule has 10 heterocycles. The third-order valence-electron chi connectivity index (χ3n) is 16.1. The van der Waals surface area contributed by atoms with Gasteiger partial charge >= 0.3 is 15.6 Å². The maximum Gasteiger partial charge on any atom is 0.522 e. The van der Waals surface area contributed by atoms with Crippen molar-refractivity contribution in [3.8, 4) is 67.8 Å². The third-order valence-corrected chi connectivity index (χ3v) is 16.7. The summed E-state index contributed by atoms with van der Waals surface area (Å²) in [5, 5.41) is 18.0. The Morgan fingerprint density at radius 3 is 1.17 bits per heavy atom. The van der Waals surface area contributed by atoms with Crippen LogP contribution in [0, 0.1) is 32.0 Å². The quantitative estimate of drug-likeness (QED) is 0.0582. The van der Waals surface area contributed by atoms with Crippen molar-refractivity contribution in [1.82, 2.24) is 59.8 Å². The molecule has 25 heteroatoms. The van der Waals surface area contributed by atoms with Crippen molar-refractivity contribution < 1.29 is 85.4 Å². The number of para-hydroxylation sites is 1. The van der Waals surface area contributed by atoms with Gasteiger partial charge in [-0.05, 0) is 85.5 Å². The fourth-order valence-corrected chi connectivity index (χ4v) is 10.3. The van der Waals surface area contributed by atoms with Crippen molar-refractivity contribution in [1.29, 1.82) is 0 Å². The van der Waals surface area contributed by atoms with Gasteiger partial charge in [-0.2, -0.15) is 21.6 Å². The Hall–Kier alpha value is -9.68. The van der Waals surface area contributed by atoms with E-state index in [1.807, 2.05) is 123 Å². The van der Waals surface area contributed by atoms with E-state index in [0.29, 0.717) is 34.9 Å². The van der Waals surface area contributed by atoms with E-state index in [2.05, 4.69) is 200 Å². The second-order valence-electron chi connectivity index (χ2n) is 26.1. The van der Waals surface area contributed by atoms with Crippen molar-refractivity contribution in [2.24, 2.45) is 0 Å². The van der Waals surface area contributed by atoms with E-state index in [-0.39, 0.29) is 63.9 Å². The summed E-state index contributed by atoms with van der Waals surface area (Å²) in [6.45, 7) is 29.4. The van der Waals surface area contributed by atoms with Crippen molar-refractivity contribution in [2.75, 3.05) is 14.2 Å². The summed E-state index contributed by atoms with van der Waals surface area (Å²) in [5.41, 5.74) is 10.9. The van der Waals surface area contributed by atoms with Gasteiger partial charge in [0, 0.05) is 147 Å². The molecule has 0 spiro atoms. The fourth-order valence-electron chi connectivity index (χ4n) is 10.3. The zero-order valence-corrected chi connectivity index (χ0v) is 68.4. The van der Waals surface area contributed by atoms with Crippen LogP contribution in [0.25, 0.3) is 112 Å². The Bertz CT molecular complexity index is 4930. The summed E-state index contributed by atoms with van der Waals surface area (Å²) in [6, 6.07) is 60.3. The maximum absolute atomic E-state index is 10.7. The second kappa shape index (κ2) is 40.0. The summed E-state index contributed by atoms with van der Waals surface area (Å²) in [4.78, 5) is 55.0. The zero-order valence-electron chi connectivity index (χ0n) is 62.8. The van der Waals surface area contributed by atoms with Crippen molar-refractivity contribution >= 4 is 54.3 Å². The Morgan fingerprint density at radius 2 is 0.815 bits per heavy atom. The summed E-state index contributed by atoms with van der Waals surface area (Å²) in [5.74, 6) is 6.52. The van der Waals surface area contributed by atoms with Crippen LogP contribution in [-0.2, 0) is 50.3 Å². The topological polar surface area (TPSA) is 276 Å². The predicted molar refractivity (Wildman–Crippen MR) is 411 cm³/mol. The molecule has 0 atom stereocenters. The Morgan fingerprint density at radius 1 is 0.407 bits per heavy atom. The average molecular weight is 1840 g/mol. The van der Waals surface area contributed by atoms with Crippen LogP contribution in [0.4, 0.5) is 13.2 Å². The van der Waals surface area contributed by atoms with Crippen molar-refractivity contribution in [3.63, 3.8) is 0 Å². The van der Waals surface area contributed by atoms with E-state index in [1.165, 1.54) is 11.1 Å². The molecule has 108 heavy (non-hydrogen) atoms. The van der Waals surface area contributed by atoms with Crippen LogP contribution in [0.2, 0.25) is 0 Å². The Balaban J connectivity index is 0.000000223. The van der Waals surface area contributed by atoms with Gasteiger partial charge < -0.3 is 34.0 Å². The third kappa shape index (κ3) is 22.5. The van der Waals surface area contributed by atoms with Crippen LogP contribution in [0.3, 0.4) is 0 Å². The molecule has 10 aromatic heterocycles. The van der Waals surface area contributed by atoms with Crippen LogP contribution in [0.5, 0.6) is 0 Å². The minimum absolute atomic E-state index is 0. The van der Waals surface area contributed by atoms with Gasteiger partial charge in [0.2, 0.25) is 11.4 Å². The molecule has 4 aromatic carbocycles. The number of pyridine rings is 6. The molecule has 0 saturated heterocycles. The van der Waals surface area contributed by atoms with Gasteiger partial charge in [0.25, 0.3) is 0 Å². The normalized spacial score (nSPS) is 11.1. The standard InChI is InChI=1S/C26H25N5O.C26H24N5O.2C14H14N.CHF3O3S.2CH4O.2Ir/c2*1-14(2)23-29-24(15(3)4)31-25(30-23)17-10-12-21(27-13-17)20-8-6-7-18-19-11-9-16(5)28-26(19)32-22(18)20;2*1-11(2)12-6-8-13(9-7-12)14-5-3-4-10-15-14;2-1(3,4)8(5,6)7;2*1-2;;/h6-15H,1-5H3;6-7,9-15H,1-5H3;2*3-8,10-11H,1-2H3;(H,5,6,7);2*2H,1H3;;/q;3*-1;;;;;. The molecule has 0 aliphatic heterocycles. The minimum atomic E-state index is -5.84. The molecule has 0 aliphatic carbocycles. The minimum Gasteiger partial charge on any atom is -0.486 e. The average Bonchev–Trinajstić information content (AvgIpc) is 1.61. The molecule has 0 bridgehead atoms. The number of aryl methyl sites for hydroxylation is 2. The molecule has 568 valence electrons. The molecular weight excluding hydrogens is 1750 g/mol. The molecule has 0 fully saturated rings. The smallest absolute Gasteiger partial charge is 0.486 e. The summed E-state index contributed by atoms with van der Waals surface area (Å²) in [6.07, 6.45) is 7.23. The first-order valence-corrected chi connectivity index (χ1v) is 35.8. The monoisotopic (exact) mass is 1840 g/mol. The first kappa shape index (κ1) is 87.2. The van der Waals surface area contributed by atoms with Gasteiger partial charge in [-0.25, -0.2) is 39.9 Å². The molecule has 19 nitrogen and oxygen atoms in total. The number of aliphatic hydroxyl groups is 2. The van der Waals surface area contributed by atoms with Crippen LogP contribution in [0.15, 0.2) is 185 Å². The van der Waals surface area contributed by atoms with Gasteiger partial charge in [0.15, 0.2) is 11.6 Å². The molecular formula is C83H86F3Ir2N12O7S-3. The molecule has 0 saturated carbocycles. The van der Waals surface area contributed by atoms with Crippen LogP contribution in [0.1, 0.15) is 164 Å². The van der Waals surface area contributed by atoms with Gasteiger partial charge in [0.05, 0.1) is 11.3 Å². The predicted octanol–water partition coefficient (Wildman–Crippen LogP) is 19.7. The molecule has 0 unspecified atom stereocenters. The molecule has 14 rings (SSSR count). The zero-order chi connectivity index (χ0) is 77.2. The number of hydrogen-bond donors (Lipinski definition) is 3. The fraction of sp³-hybridized carbons (Fsp3) is 0.277. The number of fused-ring (bicyclic) bond motifs is 6. The Kier molecular flexibility index (Phi) is 32.3. The van der Waals surface area contributed by atoms with Gasteiger partial charge in [-0.1, -0.05) is 154 Å². The number of furan rings is 2. The summed E-state index contributed by atoms with van der Waals surface area (Å²) in [7, 11) is -3.84. The van der Waals surface area contributed by atoms with E-state index in [1.54, 1.807) is 18.6 Å². The van der Waals surface area contributed by atoms with Crippen molar-refractivity contribution in [2.45, 2.75) is 138 Å². The number of benzene rings is 4. The van der Waals surface area contributed by atoms with Gasteiger partial charge in [0.1, 0.15) is 28.9 Å². The van der Waals surface area contributed by atoms with E-state index < -0.39 is 15.6 Å². The maximum atomic E-state index is 10.7. The SMILES string of the molecule is CC(C)c1c[c-]c(-c2ccccn2)cc1.CC(C)c1c[c-]c(-c2ccccn2)cc1.CO.CO.Cc1ccc2c(n1)oc1c(-c3ccc(-c4nc(C(C)C)nc(C(C)C)n4)cn3)[c-]ccc12.Cc1ccc2c(n1)oc1c(-c3ccc(-c4nc(C(C)C)nc(C(C)C)n4)cn3)cccc12.O=S(=O)(O)C(F)(F)F.[Ir].[Ir]. The number of hydrogen-bond acceptors (Lipinski definition) is 18. The van der Waals surface area contributed by atoms with E-state index in [0.717, 1.165) is 138 Å². The van der Waals surface area contributed by atoms with Crippen LogP contribution >= 0.6 is 0 Å². The molecule has 0 amide bonds. The summed E-state index contributed by atoms with van der Waals surface area (Å²) >= 11 is 0. The number of alkyl halides is 3. The van der Waals surface area contributed by atoms with E-state index in [4.69, 9.17) is 42.0 Å². The van der Waals surface area contributed by atoms with Gasteiger partial charge in [-0.3, -0.25) is 9.54 Å². The first-order chi connectivity index (χ1) is 50.6. The van der Waals surface area contributed by atoms with Crippen LogP contribution in [-0.4, -0.2) is 103 Å². The first-order valence-electron chi connectivity index (χ1n) is 34.3. The van der Waals surface area contributed by atoms with Gasteiger partial charge in [-0.15, -0.1) is 89.0 Å². The van der Waals surface area contributed by atoms with E-state index >= 15 is 0 Å². The number of aromatic nitrogens is 12. The molecule has 3 N–H and O–H groups in total.